The first kappa shape index (κ1) is 20.9. The number of halogens is 1. The molecule has 2 N–H and O–H groups in total. The van der Waals surface area contributed by atoms with Gasteiger partial charge < -0.3 is 10.6 Å². The SMILES string of the molecule is O=C(CSc1ccc(NC(=O)c2cccc(F)c2)nn1)Nc1ccccc1[N+](=O)[O-]. The smallest absolute Gasteiger partial charge is 0.292 e. The summed E-state index contributed by atoms with van der Waals surface area (Å²) in [5.41, 5.74) is 0.0468. The molecule has 2 amide bonds. The molecule has 0 radical (unpaired) electrons. The number of carbonyl (C=O) groups excluding carboxylic acids is 2. The van der Waals surface area contributed by atoms with E-state index in [2.05, 4.69) is 20.8 Å². The number of benzene rings is 2. The minimum Gasteiger partial charge on any atom is -0.320 e. The lowest BCUT2D eigenvalue weighted by molar-refractivity contribution is -0.383. The van der Waals surface area contributed by atoms with Crippen molar-refractivity contribution in [1.29, 1.82) is 0 Å². The Balaban J connectivity index is 1.54. The van der Waals surface area contributed by atoms with Crippen molar-refractivity contribution in [2.24, 2.45) is 0 Å². The normalized spacial score (nSPS) is 10.3. The van der Waals surface area contributed by atoms with Gasteiger partial charge in [-0.05, 0) is 36.4 Å². The van der Waals surface area contributed by atoms with Crippen LogP contribution < -0.4 is 10.6 Å². The van der Waals surface area contributed by atoms with Crippen LogP contribution in [0.5, 0.6) is 0 Å². The fraction of sp³-hybridized carbons (Fsp3) is 0.0526. The Morgan fingerprint density at radius 2 is 1.83 bits per heavy atom. The van der Waals surface area contributed by atoms with Gasteiger partial charge >= 0.3 is 0 Å². The predicted molar refractivity (Wildman–Crippen MR) is 109 cm³/mol. The van der Waals surface area contributed by atoms with Gasteiger partial charge in [0, 0.05) is 11.6 Å². The number of thioether (sulfide) groups is 1. The molecule has 11 heteroatoms. The first-order valence-electron chi connectivity index (χ1n) is 8.49. The molecule has 0 aliphatic carbocycles. The van der Waals surface area contributed by atoms with E-state index in [0.29, 0.717) is 5.03 Å². The van der Waals surface area contributed by atoms with Gasteiger partial charge in [0.1, 0.15) is 16.5 Å². The Labute approximate surface area is 173 Å². The highest BCUT2D eigenvalue weighted by molar-refractivity contribution is 7.99. The minimum atomic E-state index is -0.578. The fourth-order valence-corrected chi connectivity index (χ4v) is 2.96. The molecule has 0 bridgehead atoms. The largest absolute Gasteiger partial charge is 0.320 e. The number of para-hydroxylation sites is 2. The summed E-state index contributed by atoms with van der Waals surface area (Å²) in [4.78, 5) is 34.5. The molecule has 2 aromatic carbocycles. The lowest BCUT2D eigenvalue weighted by Crippen LogP contribution is -2.15. The first-order valence-corrected chi connectivity index (χ1v) is 9.47. The Morgan fingerprint density at radius 3 is 2.53 bits per heavy atom. The first-order chi connectivity index (χ1) is 14.4. The van der Waals surface area contributed by atoms with Gasteiger partial charge in [0.05, 0.1) is 10.7 Å². The Hall–Kier alpha value is -3.86. The van der Waals surface area contributed by atoms with Crippen LogP contribution in [0.3, 0.4) is 0 Å². The summed E-state index contributed by atoms with van der Waals surface area (Å²) in [5.74, 6) is -1.39. The molecule has 0 fully saturated rings. The molecule has 3 aromatic rings. The van der Waals surface area contributed by atoms with E-state index in [1.54, 1.807) is 12.1 Å². The maximum absolute atomic E-state index is 13.2. The highest BCUT2D eigenvalue weighted by Gasteiger charge is 2.15. The zero-order valence-corrected chi connectivity index (χ0v) is 16.1. The van der Waals surface area contributed by atoms with Crippen molar-refractivity contribution < 1.29 is 18.9 Å². The molecule has 0 atom stereocenters. The Bertz CT molecular complexity index is 1090. The van der Waals surface area contributed by atoms with E-state index < -0.39 is 22.6 Å². The quantitative estimate of drug-likeness (QED) is 0.335. The van der Waals surface area contributed by atoms with Crippen molar-refractivity contribution in [3.05, 3.63) is 82.2 Å². The maximum Gasteiger partial charge on any atom is 0.292 e. The number of nitro benzene ring substituents is 1. The van der Waals surface area contributed by atoms with Gasteiger partial charge in [-0.25, -0.2) is 4.39 Å². The van der Waals surface area contributed by atoms with E-state index in [0.717, 1.165) is 17.8 Å². The third-order valence-corrected chi connectivity index (χ3v) is 4.61. The van der Waals surface area contributed by atoms with Gasteiger partial charge in [-0.2, -0.15) is 0 Å². The molecule has 1 aromatic heterocycles. The number of anilines is 2. The average Bonchev–Trinajstić information content (AvgIpc) is 2.73. The van der Waals surface area contributed by atoms with Crippen molar-refractivity contribution in [3.63, 3.8) is 0 Å². The summed E-state index contributed by atoms with van der Waals surface area (Å²) in [7, 11) is 0. The second kappa shape index (κ2) is 9.56. The van der Waals surface area contributed by atoms with E-state index in [-0.39, 0.29) is 28.5 Å². The molecule has 152 valence electrons. The van der Waals surface area contributed by atoms with E-state index in [1.807, 2.05) is 0 Å². The van der Waals surface area contributed by atoms with Crippen LogP contribution in [0.15, 0.2) is 65.7 Å². The molecule has 0 unspecified atom stereocenters. The van der Waals surface area contributed by atoms with Gasteiger partial charge in [0.15, 0.2) is 5.82 Å². The number of aromatic nitrogens is 2. The van der Waals surface area contributed by atoms with Crippen molar-refractivity contribution >= 4 is 40.8 Å². The lowest BCUT2D eigenvalue weighted by atomic mass is 10.2. The summed E-state index contributed by atoms with van der Waals surface area (Å²) < 4.78 is 13.2. The maximum atomic E-state index is 13.2. The van der Waals surface area contributed by atoms with Crippen LogP contribution >= 0.6 is 11.8 Å². The number of nitro groups is 1. The van der Waals surface area contributed by atoms with E-state index in [9.17, 15) is 24.1 Å². The van der Waals surface area contributed by atoms with Crippen LogP contribution in [0.2, 0.25) is 0 Å². The highest BCUT2D eigenvalue weighted by Crippen LogP contribution is 2.24. The monoisotopic (exact) mass is 427 g/mol. The zero-order chi connectivity index (χ0) is 21.5. The van der Waals surface area contributed by atoms with Crippen LogP contribution in [0, 0.1) is 15.9 Å². The van der Waals surface area contributed by atoms with Crippen LogP contribution in [-0.4, -0.2) is 32.7 Å². The van der Waals surface area contributed by atoms with Gasteiger partial charge in [-0.3, -0.25) is 19.7 Å². The third kappa shape index (κ3) is 5.58. The number of amides is 2. The topological polar surface area (TPSA) is 127 Å². The highest BCUT2D eigenvalue weighted by atomic mass is 32.2. The van der Waals surface area contributed by atoms with Crippen LogP contribution in [0.4, 0.5) is 21.6 Å². The Kier molecular flexibility index (Phi) is 6.65. The molecule has 1 heterocycles. The van der Waals surface area contributed by atoms with Crippen LogP contribution in [0.25, 0.3) is 0 Å². The molecule has 0 aliphatic rings. The van der Waals surface area contributed by atoms with Crippen LogP contribution in [0.1, 0.15) is 10.4 Å². The van der Waals surface area contributed by atoms with E-state index in [1.165, 1.54) is 42.5 Å². The second-order valence-corrected chi connectivity index (χ2v) is 6.83. The average molecular weight is 427 g/mol. The molecule has 0 saturated heterocycles. The number of hydrogen-bond acceptors (Lipinski definition) is 7. The molecule has 0 aliphatic heterocycles. The van der Waals surface area contributed by atoms with Crippen molar-refractivity contribution in [2.75, 3.05) is 16.4 Å². The minimum absolute atomic E-state index is 0.0459. The summed E-state index contributed by atoms with van der Waals surface area (Å²) in [5, 5.41) is 24.1. The molecule has 0 saturated carbocycles. The molecule has 0 spiro atoms. The van der Waals surface area contributed by atoms with Gasteiger partial charge in [-0.15, -0.1) is 10.2 Å². The summed E-state index contributed by atoms with van der Waals surface area (Å²) in [6.45, 7) is 0. The van der Waals surface area contributed by atoms with Crippen molar-refractivity contribution in [1.82, 2.24) is 10.2 Å². The van der Waals surface area contributed by atoms with Gasteiger partial charge in [0.25, 0.3) is 11.6 Å². The molecule has 30 heavy (non-hydrogen) atoms. The Morgan fingerprint density at radius 1 is 1.03 bits per heavy atom. The summed E-state index contributed by atoms with van der Waals surface area (Å²) in [6.07, 6.45) is 0. The molecular weight excluding hydrogens is 413 g/mol. The fourth-order valence-electron chi connectivity index (χ4n) is 2.35. The molecular formula is C19H14FN5O4S. The number of rotatable bonds is 7. The second-order valence-electron chi connectivity index (χ2n) is 5.83. The zero-order valence-electron chi connectivity index (χ0n) is 15.2. The van der Waals surface area contributed by atoms with Crippen LogP contribution in [-0.2, 0) is 4.79 Å². The van der Waals surface area contributed by atoms with E-state index >= 15 is 0 Å². The predicted octanol–water partition coefficient (Wildman–Crippen LogP) is 3.51. The van der Waals surface area contributed by atoms with Crippen molar-refractivity contribution in [3.8, 4) is 0 Å². The lowest BCUT2D eigenvalue weighted by Gasteiger charge is -2.06. The molecule has 3 rings (SSSR count). The number of carbonyl (C=O) groups is 2. The van der Waals surface area contributed by atoms with Crippen molar-refractivity contribution in [2.45, 2.75) is 5.03 Å². The molecule has 9 nitrogen and oxygen atoms in total. The van der Waals surface area contributed by atoms with E-state index in [4.69, 9.17) is 0 Å². The third-order valence-electron chi connectivity index (χ3n) is 3.69. The standard InChI is InChI=1S/C19H14FN5O4S/c20-13-5-3-4-12(10-13)19(27)22-16-8-9-18(24-23-16)30-11-17(26)21-14-6-1-2-7-15(14)25(28)29/h1-10H,11H2,(H,21,26)(H,22,23,27). The summed E-state index contributed by atoms with van der Waals surface area (Å²) in [6, 6.07) is 14.1. The number of nitrogens with one attached hydrogen (secondary N) is 2. The van der Waals surface area contributed by atoms with Gasteiger partial charge in [-0.1, -0.05) is 30.0 Å². The number of nitrogens with zero attached hydrogens (tertiary/aromatic N) is 3. The summed E-state index contributed by atoms with van der Waals surface area (Å²) >= 11 is 1.07. The number of hydrogen-bond donors (Lipinski definition) is 2. The van der Waals surface area contributed by atoms with Gasteiger partial charge in [0.2, 0.25) is 5.91 Å².